The summed E-state index contributed by atoms with van der Waals surface area (Å²) in [6.45, 7) is 0.552. The molecule has 3 aromatic carbocycles. The Kier molecular flexibility index (Phi) is 4.41. The van der Waals surface area contributed by atoms with Crippen molar-refractivity contribution in [3.63, 3.8) is 0 Å². The monoisotopic (exact) mass is 380 g/mol. The van der Waals surface area contributed by atoms with E-state index in [9.17, 15) is 13.2 Å². The number of carbonyl (C=O) groups excluding carboxylic acids is 1. The summed E-state index contributed by atoms with van der Waals surface area (Å²) in [4.78, 5) is 12.5. The van der Waals surface area contributed by atoms with E-state index in [4.69, 9.17) is 8.92 Å². The molecule has 0 unspecified atom stereocenters. The van der Waals surface area contributed by atoms with E-state index in [1.807, 2.05) is 6.07 Å². The van der Waals surface area contributed by atoms with Crippen LogP contribution in [0.15, 0.2) is 77.7 Å². The number of ketones is 1. The van der Waals surface area contributed by atoms with Crippen LogP contribution in [0.2, 0.25) is 0 Å². The van der Waals surface area contributed by atoms with Crippen LogP contribution in [0.1, 0.15) is 21.5 Å². The Morgan fingerprint density at radius 3 is 2.33 bits per heavy atom. The van der Waals surface area contributed by atoms with Gasteiger partial charge in [-0.15, -0.1) is 0 Å². The Morgan fingerprint density at radius 1 is 0.889 bits per heavy atom. The smallest absolute Gasteiger partial charge is 0.339 e. The van der Waals surface area contributed by atoms with E-state index >= 15 is 0 Å². The summed E-state index contributed by atoms with van der Waals surface area (Å²) in [5.74, 6) is 0.720. The van der Waals surface area contributed by atoms with Crippen molar-refractivity contribution < 1.29 is 22.1 Å². The maximum absolute atomic E-state index is 12.5. The zero-order valence-corrected chi connectivity index (χ0v) is 15.1. The number of fused-ring (bicyclic) bond motifs is 1. The van der Waals surface area contributed by atoms with Crippen LogP contribution < -0.4 is 8.92 Å². The van der Waals surface area contributed by atoms with Crippen molar-refractivity contribution in [1.29, 1.82) is 0 Å². The molecule has 3 aromatic rings. The second-order valence-corrected chi connectivity index (χ2v) is 7.67. The van der Waals surface area contributed by atoms with Crippen molar-refractivity contribution in [1.82, 2.24) is 0 Å². The topological polar surface area (TPSA) is 69.7 Å². The van der Waals surface area contributed by atoms with Crippen LogP contribution in [-0.2, 0) is 16.5 Å². The third-order valence-electron chi connectivity index (χ3n) is 4.31. The van der Waals surface area contributed by atoms with Gasteiger partial charge in [-0.25, -0.2) is 0 Å². The van der Waals surface area contributed by atoms with Gasteiger partial charge < -0.3 is 8.92 Å². The first-order valence-corrected chi connectivity index (χ1v) is 9.84. The summed E-state index contributed by atoms with van der Waals surface area (Å²) >= 11 is 0. The van der Waals surface area contributed by atoms with Crippen molar-refractivity contribution >= 4 is 15.9 Å². The number of ether oxygens (including phenoxy) is 1. The first kappa shape index (κ1) is 17.3. The highest BCUT2D eigenvalue weighted by molar-refractivity contribution is 7.87. The molecule has 0 radical (unpaired) electrons. The Balaban J connectivity index is 1.53. The van der Waals surface area contributed by atoms with Crippen molar-refractivity contribution in [3.8, 4) is 11.5 Å². The van der Waals surface area contributed by atoms with Crippen molar-refractivity contribution in [3.05, 3.63) is 89.5 Å². The SMILES string of the molecule is O=C(c1ccccc1)c1ccc(OS(=O)(=O)c2ccc3c(c2)CCO3)cc1. The predicted molar refractivity (Wildman–Crippen MR) is 99.8 cm³/mol. The molecule has 0 saturated carbocycles. The summed E-state index contributed by atoms with van der Waals surface area (Å²) < 4.78 is 35.6. The van der Waals surface area contributed by atoms with E-state index < -0.39 is 10.1 Å². The van der Waals surface area contributed by atoms with Gasteiger partial charge in [0.2, 0.25) is 0 Å². The number of carbonyl (C=O) groups is 1. The molecule has 0 atom stereocenters. The zero-order valence-electron chi connectivity index (χ0n) is 14.3. The van der Waals surface area contributed by atoms with E-state index in [-0.39, 0.29) is 16.4 Å². The van der Waals surface area contributed by atoms with Crippen molar-refractivity contribution in [2.75, 3.05) is 6.61 Å². The molecule has 0 aromatic heterocycles. The van der Waals surface area contributed by atoms with Gasteiger partial charge in [0, 0.05) is 17.5 Å². The number of hydrogen-bond donors (Lipinski definition) is 0. The minimum atomic E-state index is -3.96. The fourth-order valence-corrected chi connectivity index (χ4v) is 3.89. The van der Waals surface area contributed by atoms with Gasteiger partial charge in [-0.1, -0.05) is 30.3 Å². The van der Waals surface area contributed by atoms with Gasteiger partial charge in [0.1, 0.15) is 16.4 Å². The Morgan fingerprint density at radius 2 is 1.59 bits per heavy atom. The van der Waals surface area contributed by atoms with Crippen LogP contribution in [-0.4, -0.2) is 20.8 Å². The molecular weight excluding hydrogens is 364 g/mol. The van der Waals surface area contributed by atoms with E-state index in [0.717, 1.165) is 5.56 Å². The molecule has 0 saturated heterocycles. The molecular formula is C21H16O5S. The van der Waals surface area contributed by atoms with Crippen molar-refractivity contribution in [2.24, 2.45) is 0 Å². The summed E-state index contributed by atoms with van der Waals surface area (Å²) in [6.07, 6.45) is 0.676. The Bertz CT molecular complexity index is 1090. The summed E-state index contributed by atoms with van der Waals surface area (Å²) in [5.41, 5.74) is 1.88. The quantitative estimate of drug-likeness (QED) is 0.499. The van der Waals surface area contributed by atoms with Crippen LogP contribution in [0.25, 0.3) is 0 Å². The van der Waals surface area contributed by atoms with E-state index in [0.29, 0.717) is 29.9 Å². The molecule has 1 aliphatic heterocycles. The fourth-order valence-electron chi connectivity index (χ4n) is 2.91. The lowest BCUT2D eigenvalue weighted by Gasteiger charge is -2.09. The largest absolute Gasteiger partial charge is 0.493 e. The normalized spacial score (nSPS) is 12.9. The first-order chi connectivity index (χ1) is 13.0. The summed E-state index contributed by atoms with van der Waals surface area (Å²) in [6, 6.07) is 19.6. The fraction of sp³-hybridized carbons (Fsp3) is 0.0952. The minimum Gasteiger partial charge on any atom is -0.493 e. The van der Waals surface area contributed by atoms with Gasteiger partial charge in [-0.05, 0) is 48.0 Å². The maximum Gasteiger partial charge on any atom is 0.339 e. The highest BCUT2D eigenvalue weighted by Crippen LogP contribution is 2.29. The predicted octanol–water partition coefficient (Wildman–Crippen LogP) is 3.62. The van der Waals surface area contributed by atoms with Gasteiger partial charge in [-0.2, -0.15) is 8.42 Å². The van der Waals surface area contributed by atoms with E-state index in [2.05, 4.69) is 0 Å². The lowest BCUT2D eigenvalue weighted by atomic mass is 10.0. The van der Waals surface area contributed by atoms with Crippen LogP contribution in [0.5, 0.6) is 11.5 Å². The average Bonchev–Trinajstić information content (AvgIpc) is 3.16. The minimum absolute atomic E-state index is 0.0798. The molecule has 0 aliphatic carbocycles. The standard InChI is InChI=1S/C21H16O5S/c22-21(15-4-2-1-3-5-15)16-6-8-18(9-7-16)26-27(23,24)19-10-11-20-17(14-19)12-13-25-20/h1-11,14H,12-13H2. The first-order valence-electron chi connectivity index (χ1n) is 8.43. The average molecular weight is 380 g/mol. The number of hydrogen-bond acceptors (Lipinski definition) is 5. The lowest BCUT2D eigenvalue weighted by Crippen LogP contribution is -2.10. The third kappa shape index (κ3) is 3.57. The molecule has 6 heteroatoms. The molecule has 0 N–H and O–H groups in total. The molecule has 136 valence electrons. The Hall–Kier alpha value is -3.12. The van der Waals surface area contributed by atoms with Gasteiger partial charge in [-0.3, -0.25) is 4.79 Å². The van der Waals surface area contributed by atoms with Crippen LogP contribution in [0.3, 0.4) is 0 Å². The number of benzene rings is 3. The molecule has 1 heterocycles. The van der Waals surface area contributed by atoms with E-state index in [1.165, 1.54) is 18.2 Å². The Labute approximate surface area is 157 Å². The molecule has 0 fully saturated rings. The highest BCUT2D eigenvalue weighted by Gasteiger charge is 2.21. The number of rotatable bonds is 5. The van der Waals surface area contributed by atoms with E-state index in [1.54, 1.807) is 48.5 Å². The lowest BCUT2D eigenvalue weighted by molar-refractivity contribution is 0.103. The van der Waals surface area contributed by atoms with Gasteiger partial charge >= 0.3 is 10.1 Å². The van der Waals surface area contributed by atoms with Crippen LogP contribution >= 0.6 is 0 Å². The summed E-state index contributed by atoms with van der Waals surface area (Å²) in [5, 5.41) is 0. The third-order valence-corrected chi connectivity index (χ3v) is 5.55. The summed E-state index contributed by atoms with van der Waals surface area (Å²) in [7, 11) is -3.96. The molecule has 5 nitrogen and oxygen atoms in total. The van der Waals surface area contributed by atoms with Crippen molar-refractivity contribution in [2.45, 2.75) is 11.3 Å². The highest BCUT2D eigenvalue weighted by atomic mass is 32.2. The zero-order chi connectivity index (χ0) is 18.9. The molecule has 0 spiro atoms. The molecule has 0 bridgehead atoms. The molecule has 27 heavy (non-hydrogen) atoms. The molecule has 1 aliphatic rings. The molecule has 0 amide bonds. The van der Waals surface area contributed by atoms with Gasteiger partial charge in [0.05, 0.1) is 6.61 Å². The molecule has 4 rings (SSSR count). The second-order valence-electron chi connectivity index (χ2n) is 6.12. The van der Waals surface area contributed by atoms with Crippen LogP contribution in [0.4, 0.5) is 0 Å². The maximum atomic E-state index is 12.5. The van der Waals surface area contributed by atoms with Crippen LogP contribution in [0, 0.1) is 0 Å². The second kappa shape index (κ2) is 6.89. The van der Waals surface area contributed by atoms with Gasteiger partial charge in [0.25, 0.3) is 0 Å². The van der Waals surface area contributed by atoms with Gasteiger partial charge in [0.15, 0.2) is 5.78 Å².